The molecule has 0 spiro atoms. The van der Waals surface area contributed by atoms with E-state index < -0.39 is 12.1 Å². The Hall–Kier alpha value is -1.46. The van der Waals surface area contributed by atoms with Crippen molar-refractivity contribution in [2.75, 3.05) is 13.7 Å². The molecule has 6 heteroatoms. The van der Waals surface area contributed by atoms with Gasteiger partial charge in [-0.3, -0.25) is 0 Å². The molecule has 0 saturated carbocycles. The van der Waals surface area contributed by atoms with Crippen molar-refractivity contribution in [2.45, 2.75) is 39.3 Å². The predicted molar refractivity (Wildman–Crippen MR) is 82.3 cm³/mol. The van der Waals surface area contributed by atoms with E-state index in [0.717, 1.165) is 18.5 Å². The molecule has 2 N–H and O–H groups in total. The second kappa shape index (κ2) is 8.74. The largest absolute Gasteiger partial charge is 0.493 e. The monoisotopic (exact) mass is 315 g/mol. The predicted octanol–water partition coefficient (Wildman–Crippen LogP) is 3.09. The second-order valence-electron chi connectivity index (χ2n) is 4.63. The molecule has 1 unspecified atom stereocenters. The van der Waals surface area contributed by atoms with Gasteiger partial charge in [0.15, 0.2) is 17.6 Å². The molecule has 118 valence electrons. The lowest BCUT2D eigenvalue weighted by atomic mass is 10.1. The average Bonchev–Trinajstić information content (AvgIpc) is 2.45. The van der Waals surface area contributed by atoms with Gasteiger partial charge in [-0.15, -0.1) is 0 Å². The molecule has 0 saturated heterocycles. The van der Waals surface area contributed by atoms with Crippen molar-refractivity contribution in [2.24, 2.45) is 0 Å². The highest BCUT2D eigenvalue weighted by molar-refractivity contribution is 6.30. The summed E-state index contributed by atoms with van der Waals surface area (Å²) in [6, 6.07) is 3.38. The van der Waals surface area contributed by atoms with Crippen molar-refractivity contribution in [3.63, 3.8) is 0 Å². The van der Waals surface area contributed by atoms with E-state index in [1.807, 2.05) is 0 Å². The van der Waals surface area contributed by atoms with E-state index in [-0.39, 0.29) is 0 Å². The molecule has 0 amide bonds. The minimum absolute atomic E-state index is 0.364. The Kier molecular flexibility index (Phi) is 7.32. The van der Waals surface area contributed by atoms with Gasteiger partial charge in [0.1, 0.15) is 0 Å². The van der Waals surface area contributed by atoms with E-state index in [4.69, 9.17) is 26.2 Å². The molecule has 1 rings (SSSR count). The lowest BCUT2D eigenvalue weighted by molar-refractivity contribution is -0.145. The summed E-state index contributed by atoms with van der Waals surface area (Å²) in [7, 11) is 1.50. The maximum atomic E-state index is 11.2. The third-order valence-electron chi connectivity index (χ3n) is 2.97. The van der Waals surface area contributed by atoms with Crippen LogP contribution in [0.15, 0.2) is 12.1 Å². The van der Waals surface area contributed by atoms with Crippen molar-refractivity contribution in [1.82, 2.24) is 5.32 Å². The highest BCUT2D eigenvalue weighted by Gasteiger charge is 2.21. The molecule has 1 aromatic rings. The van der Waals surface area contributed by atoms with Crippen LogP contribution in [0.4, 0.5) is 0 Å². The minimum atomic E-state index is -0.998. The lowest BCUT2D eigenvalue weighted by Gasteiger charge is -2.19. The summed E-state index contributed by atoms with van der Waals surface area (Å²) in [6.45, 7) is 5.22. The van der Waals surface area contributed by atoms with Gasteiger partial charge in [0.25, 0.3) is 0 Å². The first-order valence-electron chi connectivity index (χ1n) is 7.00. The van der Waals surface area contributed by atoms with E-state index in [2.05, 4.69) is 12.2 Å². The van der Waals surface area contributed by atoms with Crippen molar-refractivity contribution in [3.05, 3.63) is 22.7 Å². The maximum absolute atomic E-state index is 11.2. The topological polar surface area (TPSA) is 67.8 Å². The zero-order valence-electron chi connectivity index (χ0n) is 12.6. The quantitative estimate of drug-likeness (QED) is 0.685. The number of halogens is 1. The Morgan fingerprint density at radius 1 is 1.43 bits per heavy atom. The summed E-state index contributed by atoms with van der Waals surface area (Å²) in [6.07, 6.45) is 0.453. The first-order valence-corrected chi connectivity index (χ1v) is 7.37. The second-order valence-corrected chi connectivity index (χ2v) is 5.06. The average molecular weight is 316 g/mol. The summed E-state index contributed by atoms with van der Waals surface area (Å²) < 4.78 is 10.9. The normalized spacial score (nSPS) is 12.0. The number of carboxylic acids is 1. The third kappa shape index (κ3) is 5.10. The van der Waals surface area contributed by atoms with Crippen LogP contribution >= 0.6 is 11.6 Å². The van der Waals surface area contributed by atoms with Crippen LogP contribution in [0.1, 0.15) is 32.3 Å². The summed E-state index contributed by atoms with van der Waals surface area (Å²) in [5, 5.41) is 12.9. The van der Waals surface area contributed by atoms with Crippen LogP contribution in [0.3, 0.4) is 0 Å². The molecule has 0 heterocycles. The molecule has 21 heavy (non-hydrogen) atoms. The van der Waals surface area contributed by atoms with Crippen molar-refractivity contribution < 1.29 is 19.4 Å². The first kappa shape index (κ1) is 17.6. The molecule has 0 aliphatic heterocycles. The standard InChI is InChI=1S/C15H22ClNO4/c1-4-6-17-9-10-7-11(16)8-13(20-3)14(10)21-12(5-2)15(18)19/h7-8,12,17H,4-6,9H2,1-3H3,(H,18,19). The van der Waals surface area contributed by atoms with Crippen LogP contribution in [0, 0.1) is 0 Å². The van der Waals surface area contributed by atoms with Crippen LogP contribution in [-0.2, 0) is 11.3 Å². The summed E-state index contributed by atoms with van der Waals surface area (Å²) in [5.74, 6) is -0.128. The molecular formula is C15H22ClNO4. The Morgan fingerprint density at radius 2 is 2.14 bits per heavy atom. The van der Waals surface area contributed by atoms with E-state index in [1.165, 1.54) is 7.11 Å². The van der Waals surface area contributed by atoms with Gasteiger partial charge < -0.3 is 19.9 Å². The minimum Gasteiger partial charge on any atom is -0.493 e. The number of methoxy groups -OCH3 is 1. The van der Waals surface area contributed by atoms with Gasteiger partial charge in [-0.2, -0.15) is 0 Å². The Balaban J connectivity index is 3.08. The molecule has 0 aliphatic rings. The number of nitrogens with one attached hydrogen (secondary N) is 1. The van der Waals surface area contributed by atoms with Gasteiger partial charge in [-0.25, -0.2) is 4.79 Å². The van der Waals surface area contributed by atoms with Crippen molar-refractivity contribution >= 4 is 17.6 Å². The van der Waals surface area contributed by atoms with Crippen molar-refractivity contribution in [1.29, 1.82) is 0 Å². The maximum Gasteiger partial charge on any atom is 0.344 e. The summed E-state index contributed by atoms with van der Waals surface area (Å²) in [5.41, 5.74) is 0.785. The van der Waals surface area contributed by atoms with Crippen molar-refractivity contribution in [3.8, 4) is 11.5 Å². The van der Waals surface area contributed by atoms with Gasteiger partial charge in [-0.1, -0.05) is 25.4 Å². The fourth-order valence-electron chi connectivity index (χ4n) is 1.89. The molecule has 0 fully saturated rings. The Morgan fingerprint density at radius 3 is 2.67 bits per heavy atom. The molecule has 5 nitrogen and oxygen atoms in total. The zero-order chi connectivity index (χ0) is 15.8. The number of rotatable bonds is 9. The first-order chi connectivity index (χ1) is 10.0. The van der Waals surface area contributed by atoms with Gasteiger partial charge in [0.2, 0.25) is 0 Å². The van der Waals surface area contributed by atoms with Gasteiger partial charge in [0.05, 0.1) is 7.11 Å². The van der Waals surface area contributed by atoms with Crippen LogP contribution < -0.4 is 14.8 Å². The fourth-order valence-corrected chi connectivity index (χ4v) is 2.12. The molecule has 0 aliphatic carbocycles. The number of hydrogen-bond donors (Lipinski definition) is 2. The molecule has 0 aromatic heterocycles. The number of aliphatic carboxylic acids is 1. The van der Waals surface area contributed by atoms with E-state index in [9.17, 15) is 4.79 Å². The van der Waals surface area contributed by atoms with Gasteiger partial charge in [-0.05, 0) is 25.5 Å². The molecule has 0 radical (unpaired) electrons. The number of benzene rings is 1. The zero-order valence-corrected chi connectivity index (χ0v) is 13.4. The number of ether oxygens (including phenoxy) is 2. The number of hydrogen-bond acceptors (Lipinski definition) is 4. The fraction of sp³-hybridized carbons (Fsp3) is 0.533. The molecular weight excluding hydrogens is 294 g/mol. The smallest absolute Gasteiger partial charge is 0.344 e. The summed E-state index contributed by atoms with van der Waals surface area (Å²) in [4.78, 5) is 11.2. The highest BCUT2D eigenvalue weighted by atomic mass is 35.5. The van der Waals surface area contributed by atoms with Crippen LogP contribution in [-0.4, -0.2) is 30.8 Å². The van der Waals surface area contributed by atoms with Crippen LogP contribution in [0.2, 0.25) is 5.02 Å². The highest BCUT2D eigenvalue weighted by Crippen LogP contribution is 2.35. The van der Waals surface area contributed by atoms with Gasteiger partial charge in [0, 0.05) is 23.2 Å². The lowest BCUT2D eigenvalue weighted by Crippen LogP contribution is -2.27. The molecule has 1 aromatic carbocycles. The number of carbonyl (C=O) groups is 1. The van der Waals surface area contributed by atoms with E-state index in [1.54, 1.807) is 19.1 Å². The SMILES string of the molecule is CCCNCc1cc(Cl)cc(OC)c1OC(CC)C(=O)O. The van der Waals surface area contributed by atoms with Gasteiger partial charge >= 0.3 is 5.97 Å². The Bertz CT molecular complexity index is 479. The van der Waals surface area contributed by atoms with Crippen LogP contribution in [0.5, 0.6) is 11.5 Å². The Labute approximate surface area is 130 Å². The number of carboxylic acid groups (broad SMARTS) is 1. The third-order valence-corrected chi connectivity index (χ3v) is 3.18. The molecule has 1 atom stereocenters. The van der Waals surface area contributed by atoms with E-state index >= 15 is 0 Å². The van der Waals surface area contributed by atoms with E-state index in [0.29, 0.717) is 29.5 Å². The summed E-state index contributed by atoms with van der Waals surface area (Å²) >= 11 is 6.07. The van der Waals surface area contributed by atoms with Crippen LogP contribution in [0.25, 0.3) is 0 Å². The molecule has 0 bridgehead atoms.